The third-order valence-electron chi connectivity index (χ3n) is 7.97. The molecule has 0 N–H and O–H groups in total. The second-order valence-corrected chi connectivity index (χ2v) is 11.2. The smallest absolute Gasteiger partial charge is 0.260 e. The molecule has 0 saturated carbocycles. The fourth-order valence-corrected chi connectivity index (χ4v) is 5.83. The van der Waals surface area contributed by atoms with E-state index in [9.17, 15) is 10.0 Å². The van der Waals surface area contributed by atoms with E-state index in [1.54, 1.807) is 13.0 Å². The number of hydrogen-bond donors (Lipinski definition) is 0. The lowest BCUT2D eigenvalue weighted by molar-refractivity contribution is -0.612. The summed E-state index contributed by atoms with van der Waals surface area (Å²) in [5, 5.41) is 16.6. The van der Waals surface area contributed by atoms with Crippen LogP contribution >= 0.6 is 15.9 Å². The van der Waals surface area contributed by atoms with Gasteiger partial charge in [-0.05, 0) is 82.8 Å². The number of pyridine rings is 1. The summed E-state index contributed by atoms with van der Waals surface area (Å²) in [5.41, 5.74) is 4.11. The summed E-state index contributed by atoms with van der Waals surface area (Å²) in [5.74, 6) is 0.337. The van der Waals surface area contributed by atoms with E-state index < -0.39 is 0 Å². The van der Waals surface area contributed by atoms with Gasteiger partial charge in [0.05, 0.1) is 5.71 Å². The minimum Gasteiger partial charge on any atom is -1.00 e. The first-order valence-electron chi connectivity index (χ1n) is 12.9. The number of amides is 1. The number of aromatic nitrogens is 1. The molecule has 2 aliphatic heterocycles. The van der Waals surface area contributed by atoms with Crippen molar-refractivity contribution in [2.45, 2.75) is 58.9 Å². The van der Waals surface area contributed by atoms with Gasteiger partial charge in [-0.3, -0.25) is 9.69 Å². The molecule has 0 atom stereocenters. The van der Waals surface area contributed by atoms with E-state index in [4.69, 9.17) is 4.84 Å². The molecule has 2 fully saturated rings. The Morgan fingerprint density at radius 2 is 1.76 bits per heavy atom. The van der Waals surface area contributed by atoms with Gasteiger partial charge in [0.2, 0.25) is 5.69 Å². The number of hydrogen-bond acceptors (Lipinski definition) is 5. The van der Waals surface area contributed by atoms with Crippen molar-refractivity contribution in [2.75, 3.05) is 32.8 Å². The third-order valence-corrected chi connectivity index (χ3v) is 8.49. The fourth-order valence-electron chi connectivity index (χ4n) is 5.57. The maximum atomic E-state index is 13.3. The van der Waals surface area contributed by atoms with Crippen LogP contribution in [-0.4, -0.2) is 59.7 Å². The van der Waals surface area contributed by atoms with Gasteiger partial charge in [-0.1, -0.05) is 33.2 Å². The quantitative estimate of drug-likeness (QED) is 0.153. The van der Waals surface area contributed by atoms with Gasteiger partial charge < -0.3 is 38.9 Å². The lowest BCUT2D eigenvalue weighted by Gasteiger charge is -2.49. The summed E-state index contributed by atoms with van der Waals surface area (Å²) in [4.78, 5) is 23.3. The highest BCUT2D eigenvalue weighted by Gasteiger charge is 2.40. The molecule has 9 heteroatoms. The highest BCUT2D eigenvalue weighted by Crippen LogP contribution is 2.34. The van der Waals surface area contributed by atoms with E-state index in [1.165, 1.54) is 6.20 Å². The topological polar surface area (TPSA) is 72.1 Å². The molecule has 1 aromatic heterocycles. The molecule has 0 radical (unpaired) electrons. The number of nitrogens with zero attached hydrogens (tertiary/aromatic N) is 4. The number of piperidine rings is 2. The minimum atomic E-state index is -0.0257. The fraction of sp³-hybridized carbons (Fsp3) is 0.536. The number of halogens is 2. The summed E-state index contributed by atoms with van der Waals surface area (Å²) in [6.07, 6.45) is 5.40. The van der Waals surface area contributed by atoms with Gasteiger partial charge in [-0.25, -0.2) is 0 Å². The van der Waals surface area contributed by atoms with Crippen molar-refractivity contribution in [3.63, 3.8) is 0 Å². The van der Waals surface area contributed by atoms with Gasteiger partial charge >= 0.3 is 0 Å². The minimum absolute atomic E-state index is 0. The average molecular weight is 684 g/mol. The summed E-state index contributed by atoms with van der Waals surface area (Å²) >= 11 is 3.52. The van der Waals surface area contributed by atoms with E-state index in [0.717, 1.165) is 64.8 Å². The monoisotopic (exact) mass is 683 g/mol. The first-order chi connectivity index (χ1) is 17.2. The van der Waals surface area contributed by atoms with Gasteiger partial charge in [0.15, 0.2) is 6.20 Å². The Bertz CT molecular complexity index is 1110. The molecule has 7 nitrogen and oxygen atoms in total. The van der Waals surface area contributed by atoms with Crippen molar-refractivity contribution in [3.8, 4) is 0 Å². The van der Waals surface area contributed by atoms with Gasteiger partial charge in [0.25, 0.3) is 5.91 Å². The third kappa shape index (κ3) is 6.65. The highest BCUT2D eigenvalue weighted by atomic mass is 127. The molecule has 0 spiro atoms. The molecule has 4 rings (SSSR count). The highest BCUT2D eigenvalue weighted by molar-refractivity contribution is 9.10. The van der Waals surface area contributed by atoms with Crippen LogP contribution in [0.3, 0.4) is 0 Å². The van der Waals surface area contributed by atoms with Crippen molar-refractivity contribution in [1.82, 2.24) is 9.80 Å². The molecular formula is C28H37BrIN4O3-. The molecule has 1 aromatic carbocycles. The van der Waals surface area contributed by atoms with Crippen molar-refractivity contribution >= 4 is 27.5 Å². The molecule has 0 unspecified atom stereocenters. The van der Waals surface area contributed by atoms with Gasteiger partial charge in [0.1, 0.15) is 12.2 Å². The van der Waals surface area contributed by atoms with E-state index in [-0.39, 0.29) is 35.4 Å². The zero-order valence-corrected chi connectivity index (χ0v) is 25.9. The number of rotatable bonds is 6. The SMILES string of the molecule is CCO/N=C(/c1ccc(Br)cc1)C1CCN(C2(C)CCN(C(=O)c3c(C)cc[n+]([O-])c3C)CC2)CC1.[I-]. The number of benzene rings is 1. The van der Waals surface area contributed by atoms with Crippen LogP contribution in [0.4, 0.5) is 0 Å². The second kappa shape index (κ2) is 12.9. The predicted molar refractivity (Wildman–Crippen MR) is 145 cm³/mol. The molecule has 0 bridgehead atoms. The Morgan fingerprint density at radius 3 is 2.35 bits per heavy atom. The van der Waals surface area contributed by atoms with Crippen LogP contribution in [0.25, 0.3) is 0 Å². The lowest BCUT2D eigenvalue weighted by atomic mass is 9.82. The normalized spacial score (nSPS) is 18.8. The van der Waals surface area contributed by atoms with E-state index >= 15 is 0 Å². The Labute approximate surface area is 246 Å². The van der Waals surface area contributed by atoms with Crippen LogP contribution in [0.1, 0.15) is 66.7 Å². The molecule has 2 saturated heterocycles. The molecule has 2 aliphatic rings. The van der Waals surface area contributed by atoms with E-state index in [1.807, 2.05) is 18.7 Å². The number of carbonyl (C=O) groups is 1. The molecule has 0 aliphatic carbocycles. The summed E-state index contributed by atoms with van der Waals surface area (Å²) in [6.45, 7) is 11.9. The summed E-state index contributed by atoms with van der Waals surface area (Å²) in [6, 6.07) is 10.0. The largest absolute Gasteiger partial charge is 1.00 e. The number of oxime groups is 1. The van der Waals surface area contributed by atoms with Crippen molar-refractivity contribution in [2.24, 2.45) is 11.1 Å². The van der Waals surface area contributed by atoms with E-state index in [0.29, 0.717) is 36.9 Å². The molecule has 202 valence electrons. The van der Waals surface area contributed by atoms with Crippen molar-refractivity contribution in [1.29, 1.82) is 0 Å². The molecule has 1 amide bonds. The summed E-state index contributed by atoms with van der Waals surface area (Å²) < 4.78 is 1.84. The van der Waals surface area contributed by atoms with Crippen molar-refractivity contribution in [3.05, 3.63) is 68.6 Å². The summed E-state index contributed by atoms with van der Waals surface area (Å²) in [7, 11) is 0. The predicted octanol–water partition coefficient (Wildman–Crippen LogP) is 1.85. The molecule has 37 heavy (non-hydrogen) atoms. The zero-order chi connectivity index (χ0) is 25.9. The van der Waals surface area contributed by atoms with Gasteiger partial charge in [-0.2, -0.15) is 4.73 Å². The molecule has 2 aromatic rings. The maximum Gasteiger partial charge on any atom is 0.260 e. The van der Waals surface area contributed by atoms with Crippen LogP contribution in [-0.2, 0) is 4.84 Å². The first kappa shape index (κ1) is 29.8. The Morgan fingerprint density at radius 1 is 1.14 bits per heavy atom. The van der Waals surface area contributed by atoms with Crippen LogP contribution in [0.15, 0.2) is 46.2 Å². The average Bonchev–Trinajstić information content (AvgIpc) is 2.88. The second-order valence-electron chi connectivity index (χ2n) is 10.2. The van der Waals surface area contributed by atoms with E-state index in [2.05, 4.69) is 57.2 Å². The van der Waals surface area contributed by atoms with Crippen LogP contribution in [0, 0.1) is 25.0 Å². The van der Waals surface area contributed by atoms with Crippen molar-refractivity contribution < 1.29 is 38.3 Å². The standard InChI is InChI=1S/C28H37BrN4O3.HI/c1-5-36-30-26(22-6-8-24(29)9-7-22)23-11-15-32(16-12-23)28(4)13-18-31(19-14-28)27(34)25-20(2)10-17-33(35)21(25)3;/h6-10,17,23H,5,11-16,18-19H2,1-4H3;1H/p-1/b30-26-;. The van der Waals surface area contributed by atoms with Crippen LogP contribution in [0.5, 0.6) is 0 Å². The zero-order valence-electron chi connectivity index (χ0n) is 22.2. The first-order valence-corrected chi connectivity index (χ1v) is 13.7. The number of likely N-dealkylation sites (tertiary alicyclic amines) is 2. The Balaban J connectivity index is 0.00000380. The van der Waals surface area contributed by atoms with Gasteiger partial charge in [-0.15, -0.1) is 0 Å². The van der Waals surface area contributed by atoms with Gasteiger partial charge in [0, 0.05) is 42.0 Å². The number of carbonyl (C=O) groups excluding carboxylic acids is 1. The van der Waals surface area contributed by atoms with Crippen LogP contribution in [0.2, 0.25) is 0 Å². The Hall–Kier alpha value is -1.72. The maximum absolute atomic E-state index is 13.3. The molecule has 3 heterocycles. The molecular weight excluding hydrogens is 647 g/mol. The Kier molecular flexibility index (Phi) is 10.4. The van der Waals surface area contributed by atoms with Crippen LogP contribution < -0.4 is 28.7 Å². The number of aryl methyl sites for hydroxylation is 1. The lowest BCUT2D eigenvalue weighted by Crippen LogP contribution is -3.00.